The van der Waals surface area contributed by atoms with Crippen LogP contribution in [-0.4, -0.2) is 34.8 Å². The number of ketones is 1. The first kappa shape index (κ1) is 8.42. The van der Waals surface area contributed by atoms with Crippen LogP contribution >= 0.6 is 0 Å². The number of carbonyl (C=O) groups is 4. The van der Waals surface area contributed by atoms with Gasteiger partial charge in [-0.3, -0.25) is 9.59 Å². The van der Waals surface area contributed by atoms with Crippen LogP contribution in [-0.2, 0) is 28.8 Å². The minimum atomic E-state index is -1.60. The highest BCUT2D eigenvalue weighted by Gasteiger charge is 2.43. The molecule has 0 aromatic carbocycles. The number of fused-ring (bicyclic) bond motifs is 2. The average Bonchev–Trinajstić information content (AvgIpc) is 2.21. The van der Waals surface area contributed by atoms with Crippen LogP contribution in [0, 0.1) is 0 Å². The third-order valence-corrected chi connectivity index (χ3v) is 1.65. The molecule has 1 fully saturated rings. The number of carbonyl (C=O) groups excluding carboxylic acids is 4. The van der Waals surface area contributed by atoms with Gasteiger partial charge in [0.05, 0.1) is 6.20 Å². The van der Waals surface area contributed by atoms with Crippen molar-refractivity contribution in [1.29, 1.82) is 0 Å². The van der Waals surface area contributed by atoms with Crippen LogP contribution in [0.25, 0.3) is 0 Å². The van der Waals surface area contributed by atoms with E-state index in [1.807, 2.05) is 0 Å². The molecule has 2 heterocycles. The van der Waals surface area contributed by atoms with Crippen LogP contribution in [0.2, 0.25) is 0 Å². The topological polar surface area (TPSA) is 90.0 Å². The Labute approximate surface area is 76.8 Å². The third kappa shape index (κ3) is 1.06. The van der Waals surface area contributed by atoms with Gasteiger partial charge in [-0.05, 0) is 0 Å². The largest absolute Gasteiger partial charge is 0.442 e. The number of hydrogen-bond donors (Lipinski definition) is 0. The van der Waals surface area contributed by atoms with Crippen molar-refractivity contribution in [2.24, 2.45) is 0 Å². The van der Waals surface area contributed by atoms with Crippen LogP contribution in [0.3, 0.4) is 0 Å². The lowest BCUT2D eigenvalue weighted by molar-refractivity contribution is -0.186. The Kier molecular flexibility index (Phi) is 1.60. The Hall–Kier alpha value is -2.18. The van der Waals surface area contributed by atoms with Gasteiger partial charge in [0, 0.05) is 6.08 Å². The van der Waals surface area contributed by atoms with Crippen molar-refractivity contribution in [3.8, 4) is 0 Å². The van der Waals surface area contributed by atoms with E-state index in [-0.39, 0.29) is 0 Å². The minimum Gasteiger partial charge on any atom is -0.435 e. The fraction of sp³-hybridized carbons (Fsp3) is 0.143. The van der Waals surface area contributed by atoms with Crippen molar-refractivity contribution in [1.82, 2.24) is 5.06 Å². The molecule has 0 radical (unpaired) electrons. The molecule has 1 amide bonds. The molecule has 0 saturated carbocycles. The lowest BCUT2D eigenvalue weighted by Gasteiger charge is -2.18. The number of nitrogens with zero attached hydrogens (tertiary/aromatic N) is 1. The van der Waals surface area contributed by atoms with Crippen LogP contribution < -0.4 is 0 Å². The maximum atomic E-state index is 11.2. The van der Waals surface area contributed by atoms with Gasteiger partial charge in [0.15, 0.2) is 0 Å². The van der Waals surface area contributed by atoms with Gasteiger partial charge in [-0.1, -0.05) is 0 Å². The van der Waals surface area contributed by atoms with E-state index >= 15 is 0 Å². The lowest BCUT2D eigenvalue weighted by atomic mass is 10.1. The Bertz CT molecular complexity index is 384. The zero-order valence-corrected chi connectivity index (χ0v) is 6.63. The van der Waals surface area contributed by atoms with Gasteiger partial charge in [0.25, 0.3) is 0 Å². The maximum absolute atomic E-state index is 11.2. The summed E-state index contributed by atoms with van der Waals surface area (Å²) in [5, 5.41) is 0.499. The van der Waals surface area contributed by atoms with Crippen LogP contribution in [0.15, 0.2) is 12.3 Å². The van der Waals surface area contributed by atoms with Crippen LogP contribution in [0.1, 0.15) is 0 Å². The second kappa shape index (κ2) is 2.66. The van der Waals surface area contributed by atoms with Gasteiger partial charge in [0.1, 0.15) is 0 Å². The van der Waals surface area contributed by atoms with E-state index in [1.165, 1.54) is 0 Å². The summed E-state index contributed by atoms with van der Waals surface area (Å²) >= 11 is 0. The van der Waals surface area contributed by atoms with Crippen molar-refractivity contribution in [3.63, 3.8) is 0 Å². The first-order valence-electron chi connectivity index (χ1n) is 3.57. The molecule has 0 aliphatic carbocycles. The van der Waals surface area contributed by atoms with E-state index in [9.17, 15) is 19.2 Å². The van der Waals surface area contributed by atoms with E-state index in [1.54, 1.807) is 0 Å². The van der Waals surface area contributed by atoms with E-state index in [4.69, 9.17) is 0 Å². The standard InChI is InChI=1S/C7H3NO6/c9-3-1-2-8-5(10)4(3)13-6(11)7(12)14-8/h1-2,4H. The Morgan fingerprint density at radius 2 is 1.86 bits per heavy atom. The van der Waals surface area contributed by atoms with Crippen molar-refractivity contribution >= 4 is 23.6 Å². The number of ether oxygens (including phenoxy) is 1. The maximum Gasteiger partial charge on any atom is 0.442 e. The number of hydroxylamine groups is 2. The normalized spacial score (nSPS) is 25.7. The molecule has 0 aromatic heterocycles. The second-order valence-electron chi connectivity index (χ2n) is 2.55. The van der Waals surface area contributed by atoms with E-state index < -0.39 is 29.7 Å². The lowest BCUT2D eigenvalue weighted by Crippen LogP contribution is -2.42. The Morgan fingerprint density at radius 1 is 1.14 bits per heavy atom. The smallest absolute Gasteiger partial charge is 0.435 e. The van der Waals surface area contributed by atoms with Gasteiger partial charge in [-0.15, -0.1) is 5.06 Å². The summed E-state index contributed by atoms with van der Waals surface area (Å²) in [5.41, 5.74) is 0. The van der Waals surface area contributed by atoms with Gasteiger partial charge in [-0.2, -0.15) is 0 Å². The molecule has 2 rings (SSSR count). The zero-order chi connectivity index (χ0) is 10.3. The molecule has 7 nitrogen and oxygen atoms in total. The highest BCUT2D eigenvalue weighted by atomic mass is 16.7. The number of amides is 1. The van der Waals surface area contributed by atoms with Crippen molar-refractivity contribution in [2.75, 3.05) is 0 Å². The fourth-order valence-electron chi connectivity index (χ4n) is 1.00. The summed E-state index contributed by atoms with van der Waals surface area (Å²) < 4.78 is 4.31. The Morgan fingerprint density at radius 3 is 2.57 bits per heavy atom. The SMILES string of the molecule is O=C1OC2C(=O)C=CN(OC1=O)C2=O. The minimum absolute atomic E-state index is 0.499. The summed E-state index contributed by atoms with van der Waals surface area (Å²) in [7, 11) is 0. The molecule has 2 aliphatic rings. The molecular formula is C7H3NO6. The molecule has 1 saturated heterocycles. The number of hydrogen-bond acceptors (Lipinski definition) is 6. The van der Waals surface area contributed by atoms with E-state index in [0.717, 1.165) is 12.3 Å². The number of rotatable bonds is 0. The molecule has 72 valence electrons. The second-order valence-corrected chi connectivity index (χ2v) is 2.55. The van der Waals surface area contributed by atoms with Gasteiger partial charge in [-0.25, -0.2) is 9.59 Å². The monoisotopic (exact) mass is 197 g/mol. The summed E-state index contributed by atoms with van der Waals surface area (Å²) in [6.07, 6.45) is 0.345. The van der Waals surface area contributed by atoms with Gasteiger partial charge >= 0.3 is 17.8 Å². The summed E-state index contributed by atoms with van der Waals surface area (Å²) in [5.74, 6) is -4.28. The molecular weight excluding hydrogens is 194 g/mol. The zero-order valence-electron chi connectivity index (χ0n) is 6.63. The van der Waals surface area contributed by atoms with E-state index in [0.29, 0.717) is 5.06 Å². The molecule has 7 heteroatoms. The van der Waals surface area contributed by atoms with Crippen molar-refractivity contribution in [2.45, 2.75) is 6.10 Å². The molecule has 0 spiro atoms. The summed E-state index contributed by atoms with van der Waals surface area (Å²) in [6.45, 7) is 0. The molecule has 2 bridgehead atoms. The highest BCUT2D eigenvalue weighted by Crippen LogP contribution is 2.14. The average molecular weight is 197 g/mol. The molecule has 2 aliphatic heterocycles. The molecule has 1 atom stereocenters. The molecule has 0 aromatic rings. The highest BCUT2D eigenvalue weighted by molar-refractivity contribution is 6.32. The van der Waals surface area contributed by atoms with Gasteiger partial charge < -0.3 is 9.57 Å². The molecule has 1 unspecified atom stereocenters. The molecule has 14 heavy (non-hydrogen) atoms. The van der Waals surface area contributed by atoms with Crippen LogP contribution in [0.5, 0.6) is 0 Å². The Balaban J connectivity index is 2.42. The first-order chi connectivity index (χ1) is 6.59. The third-order valence-electron chi connectivity index (χ3n) is 1.65. The fourth-order valence-corrected chi connectivity index (χ4v) is 1.00. The predicted octanol–water partition coefficient (Wildman–Crippen LogP) is -1.70. The first-order valence-corrected chi connectivity index (χ1v) is 3.57. The number of esters is 1. The summed E-state index contributed by atoms with van der Waals surface area (Å²) in [4.78, 5) is 48.1. The van der Waals surface area contributed by atoms with E-state index in [2.05, 4.69) is 9.57 Å². The van der Waals surface area contributed by atoms with Gasteiger partial charge in [0.2, 0.25) is 11.9 Å². The summed E-state index contributed by atoms with van der Waals surface area (Å²) in [6, 6.07) is 0. The quantitative estimate of drug-likeness (QED) is 0.261. The van der Waals surface area contributed by atoms with Crippen LogP contribution in [0.4, 0.5) is 0 Å². The van der Waals surface area contributed by atoms with Crippen molar-refractivity contribution in [3.05, 3.63) is 12.3 Å². The predicted molar refractivity (Wildman–Crippen MR) is 37.0 cm³/mol. The molecule has 0 N–H and O–H groups in total. The van der Waals surface area contributed by atoms with Crippen molar-refractivity contribution < 1.29 is 28.8 Å².